The highest BCUT2D eigenvalue weighted by Crippen LogP contribution is 2.16. The highest BCUT2D eigenvalue weighted by Gasteiger charge is 2.05. The summed E-state index contributed by atoms with van der Waals surface area (Å²) in [6.45, 7) is 0.746. The molecule has 5 heteroatoms. The minimum Gasteiger partial charge on any atom is -0.330 e. The zero-order chi connectivity index (χ0) is 13.2. The van der Waals surface area contributed by atoms with Crippen LogP contribution in [0.2, 0.25) is 0 Å². The predicted molar refractivity (Wildman–Crippen MR) is 75.0 cm³/mol. The van der Waals surface area contributed by atoms with Crippen molar-refractivity contribution >= 4 is 23.3 Å². The second-order valence-corrected chi connectivity index (χ2v) is 4.74. The Labute approximate surface area is 114 Å². The van der Waals surface area contributed by atoms with Gasteiger partial charge in [-0.15, -0.1) is 0 Å². The minimum atomic E-state index is -0.261. The van der Waals surface area contributed by atoms with Crippen molar-refractivity contribution in [3.05, 3.63) is 58.9 Å². The van der Waals surface area contributed by atoms with Gasteiger partial charge in [-0.1, -0.05) is 6.07 Å². The summed E-state index contributed by atoms with van der Waals surface area (Å²) < 4.78 is 15.8. The first-order valence-electron chi connectivity index (χ1n) is 6.01. The summed E-state index contributed by atoms with van der Waals surface area (Å²) in [6, 6.07) is 8.61. The lowest BCUT2D eigenvalue weighted by atomic mass is 10.2. The van der Waals surface area contributed by atoms with E-state index in [1.54, 1.807) is 12.3 Å². The van der Waals surface area contributed by atoms with Crippen LogP contribution >= 0.6 is 12.2 Å². The van der Waals surface area contributed by atoms with Gasteiger partial charge in [0.15, 0.2) is 4.77 Å². The number of aromatic nitrogens is 3. The highest BCUT2D eigenvalue weighted by atomic mass is 32.1. The Morgan fingerprint density at radius 1 is 1.32 bits per heavy atom. The Balaban J connectivity index is 1.93. The normalized spacial score (nSPS) is 11.0. The number of benzene rings is 1. The first kappa shape index (κ1) is 12.0. The van der Waals surface area contributed by atoms with E-state index < -0.39 is 0 Å². The van der Waals surface area contributed by atoms with Crippen LogP contribution in [0, 0.1) is 10.6 Å². The third kappa shape index (κ3) is 2.42. The van der Waals surface area contributed by atoms with Gasteiger partial charge in [0, 0.05) is 18.9 Å². The molecule has 0 bridgehead atoms. The molecular formula is C14H12FN3S. The lowest BCUT2D eigenvalue weighted by Gasteiger charge is -2.04. The number of imidazole rings is 1. The van der Waals surface area contributed by atoms with Crippen LogP contribution in [0.15, 0.2) is 42.7 Å². The fraction of sp³-hybridized carbons (Fsp3) is 0.143. The molecule has 0 fully saturated rings. The van der Waals surface area contributed by atoms with Crippen LogP contribution in [0.3, 0.4) is 0 Å². The Hall–Kier alpha value is -2.01. The average Bonchev–Trinajstić information content (AvgIpc) is 2.72. The van der Waals surface area contributed by atoms with Crippen LogP contribution in [-0.2, 0) is 13.0 Å². The van der Waals surface area contributed by atoms with Crippen LogP contribution < -0.4 is 0 Å². The van der Waals surface area contributed by atoms with Crippen molar-refractivity contribution in [2.45, 2.75) is 13.0 Å². The number of aromatic amines is 1. The molecular weight excluding hydrogens is 261 g/mol. The zero-order valence-corrected chi connectivity index (χ0v) is 11.0. The summed E-state index contributed by atoms with van der Waals surface area (Å²) in [5, 5.41) is 0. The SMILES string of the molecule is Fc1ccc2c(c1)[nH]c(=S)n2CCc1cccnc1. The van der Waals surface area contributed by atoms with Gasteiger partial charge in [-0.3, -0.25) is 4.98 Å². The van der Waals surface area contributed by atoms with Crippen LogP contribution in [-0.4, -0.2) is 14.5 Å². The van der Waals surface area contributed by atoms with Gasteiger partial charge in [0.05, 0.1) is 11.0 Å². The van der Waals surface area contributed by atoms with Gasteiger partial charge in [-0.05, 0) is 48.5 Å². The fourth-order valence-corrected chi connectivity index (χ4v) is 2.44. The number of pyridine rings is 1. The van der Waals surface area contributed by atoms with Gasteiger partial charge in [0.2, 0.25) is 0 Å². The summed E-state index contributed by atoms with van der Waals surface area (Å²) in [4.78, 5) is 7.11. The molecule has 1 aromatic carbocycles. The predicted octanol–water partition coefficient (Wildman–Crippen LogP) is 3.48. The van der Waals surface area contributed by atoms with Gasteiger partial charge in [-0.2, -0.15) is 0 Å². The van der Waals surface area contributed by atoms with E-state index in [9.17, 15) is 4.39 Å². The largest absolute Gasteiger partial charge is 0.330 e. The van der Waals surface area contributed by atoms with Crippen molar-refractivity contribution in [1.82, 2.24) is 14.5 Å². The lowest BCUT2D eigenvalue weighted by Crippen LogP contribution is -2.01. The molecule has 0 radical (unpaired) electrons. The smallest absolute Gasteiger partial charge is 0.178 e. The molecule has 0 atom stereocenters. The lowest BCUT2D eigenvalue weighted by molar-refractivity contribution is 0.629. The first-order valence-corrected chi connectivity index (χ1v) is 6.42. The number of hydrogen-bond donors (Lipinski definition) is 1. The molecule has 0 saturated carbocycles. The quantitative estimate of drug-likeness (QED) is 0.741. The number of rotatable bonds is 3. The number of hydrogen-bond acceptors (Lipinski definition) is 2. The van der Waals surface area contributed by atoms with Crippen molar-refractivity contribution in [3.8, 4) is 0 Å². The molecule has 0 unspecified atom stereocenters. The summed E-state index contributed by atoms with van der Waals surface area (Å²) in [7, 11) is 0. The van der Waals surface area contributed by atoms with Crippen molar-refractivity contribution in [1.29, 1.82) is 0 Å². The maximum Gasteiger partial charge on any atom is 0.178 e. The Morgan fingerprint density at radius 2 is 2.21 bits per heavy atom. The standard InChI is InChI=1S/C14H12FN3S/c15-11-3-4-13-12(8-11)17-14(19)18(13)7-5-10-2-1-6-16-9-10/h1-4,6,8-9H,5,7H2,(H,17,19). The molecule has 1 N–H and O–H groups in total. The fourth-order valence-electron chi connectivity index (χ4n) is 2.14. The second-order valence-electron chi connectivity index (χ2n) is 4.35. The van der Waals surface area contributed by atoms with Gasteiger partial charge in [-0.25, -0.2) is 4.39 Å². The van der Waals surface area contributed by atoms with Crippen LogP contribution in [0.4, 0.5) is 4.39 Å². The Bertz CT molecular complexity index is 761. The molecule has 3 aromatic rings. The molecule has 2 aromatic heterocycles. The number of halogens is 1. The summed E-state index contributed by atoms with van der Waals surface area (Å²) >= 11 is 5.28. The first-order chi connectivity index (χ1) is 9.24. The number of H-pyrrole nitrogens is 1. The van der Waals surface area contributed by atoms with E-state index in [4.69, 9.17) is 12.2 Å². The van der Waals surface area contributed by atoms with E-state index in [0.29, 0.717) is 4.77 Å². The van der Waals surface area contributed by atoms with Crippen molar-refractivity contribution in [2.75, 3.05) is 0 Å². The summed E-state index contributed by atoms with van der Waals surface area (Å²) in [5.41, 5.74) is 2.81. The zero-order valence-electron chi connectivity index (χ0n) is 10.1. The van der Waals surface area contributed by atoms with Crippen LogP contribution in [0.5, 0.6) is 0 Å². The topological polar surface area (TPSA) is 33.6 Å². The number of aryl methyl sites for hydroxylation is 2. The molecule has 3 rings (SSSR count). The maximum absolute atomic E-state index is 13.2. The van der Waals surface area contributed by atoms with Crippen LogP contribution in [0.25, 0.3) is 11.0 Å². The molecule has 0 aliphatic carbocycles. The number of nitrogens with one attached hydrogen (secondary N) is 1. The van der Waals surface area contributed by atoms with E-state index in [2.05, 4.69) is 9.97 Å². The molecule has 0 saturated heterocycles. The molecule has 3 nitrogen and oxygen atoms in total. The van der Waals surface area contributed by atoms with E-state index in [1.165, 1.54) is 12.1 Å². The number of nitrogens with zero attached hydrogens (tertiary/aromatic N) is 2. The molecule has 0 aliphatic rings. The molecule has 0 spiro atoms. The van der Waals surface area contributed by atoms with E-state index in [1.807, 2.05) is 22.9 Å². The van der Waals surface area contributed by atoms with Crippen molar-refractivity contribution in [2.24, 2.45) is 0 Å². The molecule has 0 aliphatic heterocycles. The van der Waals surface area contributed by atoms with Crippen molar-refractivity contribution < 1.29 is 4.39 Å². The summed E-state index contributed by atoms with van der Waals surface area (Å²) in [5.74, 6) is -0.261. The minimum absolute atomic E-state index is 0.261. The Morgan fingerprint density at radius 3 is 3.00 bits per heavy atom. The Kier molecular flexibility index (Phi) is 3.13. The monoisotopic (exact) mass is 273 g/mol. The van der Waals surface area contributed by atoms with Gasteiger partial charge < -0.3 is 9.55 Å². The molecule has 96 valence electrons. The number of fused-ring (bicyclic) bond motifs is 1. The molecule has 2 heterocycles. The molecule has 19 heavy (non-hydrogen) atoms. The van der Waals surface area contributed by atoms with E-state index in [0.717, 1.165) is 29.6 Å². The third-order valence-corrected chi connectivity index (χ3v) is 3.41. The summed E-state index contributed by atoms with van der Waals surface area (Å²) in [6.07, 6.45) is 4.44. The second kappa shape index (κ2) is 4.93. The van der Waals surface area contributed by atoms with Gasteiger partial charge in [0.1, 0.15) is 5.82 Å². The van der Waals surface area contributed by atoms with Crippen molar-refractivity contribution in [3.63, 3.8) is 0 Å². The molecule has 0 amide bonds. The highest BCUT2D eigenvalue weighted by molar-refractivity contribution is 7.71. The average molecular weight is 273 g/mol. The van der Waals surface area contributed by atoms with Gasteiger partial charge in [0.25, 0.3) is 0 Å². The van der Waals surface area contributed by atoms with E-state index in [-0.39, 0.29) is 5.82 Å². The maximum atomic E-state index is 13.2. The van der Waals surface area contributed by atoms with Gasteiger partial charge >= 0.3 is 0 Å². The third-order valence-electron chi connectivity index (χ3n) is 3.08. The van der Waals surface area contributed by atoms with E-state index >= 15 is 0 Å². The van der Waals surface area contributed by atoms with Crippen LogP contribution in [0.1, 0.15) is 5.56 Å².